The molecule has 0 spiro atoms. The van der Waals surface area contributed by atoms with E-state index >= 15 is 0 Å². The van der Waals surface area contributed by atoms with Crippen molar-refractivity contribution in [3.63, 3.8) is 0 Å². The van der Waals surface area contributed by atoms with Gasteiger partial charge in [-0.05, 0) is 25.0 Å². The number of anilines is 1. The molecule has 0 bridgehead atoms. The normalized spacial score (nSPS) is 11.2. The quantitative estimate of drug-likeness (QED) is 0.817. The molecule has 0 atom stereocenters. The molecule has 20 heavy (non-hydrogen) atoms. The molecule has 112 valence electrons. The number of rotatable bonds is 6. The summed E-state index contributed by atoms with van der Waals surface area (Å²) in [5, 5.41) is 10.4. The number of hydrogen-bond donors (Lipinski definition) is 1. The van der Waals surface area contributed by atoms with Gasteiger partial charge < -0.3 is 10.2 Å². The van der Waals surface area contributed by atoms with E-state index in [0.717, 1.165) is 0 Å². The van der Waals surface area contributed by atoms with Crippen molar-refractivity contribution in [2.75, 3.05) is 26.0 Å². The molecule has 1 aromatic rings. The number of unbranched alkanes of at least 4 members (excludes halogenated alkanes) is 1. The molecule has 1 aromatic heterocycles. The maximum absolute atomic E-state index is 11.9. The molecule has 0 radical (unpaired) electrons. The van der Waals surface area contributed by atoms with E-state index in [9.17, 15) is 18.0 Å². The molecule has 0 aromatic carbocycles. The van der Waals surface area contributed by atoms with Gasteiger partial charge in [-0.1, -0.05) is 0 Å². The van der Waals surface area contributed by atoms with Crippen molar-refractivity contribution in [2.24, 2.45) is 0 Å². The highest BCUT2D eigenvalue weighted by Gasteiger charge is 2.25. The Labute approximate surface area is 115 Å². The first-order chi connectivity index (χ1) is 9.29. The van der Waals surface area contributed by atoms with Crippen molar-refractivity contribution in [1.29, 1.82) is 0 Å². The summed E-state index contributed by atoms with van der Waals surface area (Å²) < 4.78 is 35.7. The van der Waals surface area contributed by atoms with Gasteiger partial charge in [-0.15, -0.1) is 10.2 Å². The van der Waals surface area contributed by atoms with Gasteiger partial charge in [0.2, 0.25) is 0 Å². The molecule has 0 aliphatic rings. The SMILES string of the molecule is CN(C)C(=O)c1ccc(NCCCCC(F)(F)F)nn1. The Hall–Kier alpha value is -1.86. The van der Waals surface area contributed by atoms with Crippen molar-refractivity contribution < 1.29 is 18.0 Å². The van der Waals surface area contributed by atoms with Gasteiger partial charge in [-0.3, -0.25) is 4.79 Å². The van der Waals surface area contributed by atoms with Crippen LogP contribution in [0.2, 0.25) is 0 Å². The molecule has 8 heteroatoms. The Bertz CT molecular complexity index is 431. The average Bonchev–Trinajstić information content (AvgIpc) is 2.37. The number of amides is 1. The Morgan fingerprint density at radius 3 is 2.45 bits per heavy atom. The summed E-state index contributed by atoms with van der Waals surface area (Å²) in [7, 11) is 3.22. The van der Waals surface area contributed by atoms with Gasteiger partial charge in [-0.2, -0.15) is 13.2 Å². The molecule has 0 aliphatic carbocycles. The Morgan fingerprint density at radius 2 is 1.95 bits per heavy atom. The first-order valence-corrected chi connectivity index (χ1v) is 6.15. The number of carbonyl (C=O) groups excluding carboxylic acids is 1. The van der Waals surface area contributed by atoms with Crippen LogP contribution in [0.5, 0.6) is 0 Å². The first-order valence-electron chi connectivity index (χ1n) is 6.15. The topological polar surface area (TPSA) is 58.1 Å². The highest BCUT2D eigenvalue weighted by Crippen LogP contribution is 2.22. The molecule has 1 N–H and O–H groups in total. The van der Waals surface area contributed by atoms with Crippen LogP contribution in [-0.2, 0) is 0 Å². The third kappa shape index (κ3) is 5.85. The number of aromatic nitrogens is 2. The highest BCUT2D eigenvalue weighted by atomic mass is 19.4. The summed E-state index contributed by atoms with van der Waals surface area (Å²) in [5.74, 6) is 0.182. The summed E-state index contributed by atoms with van der Waals surface area (Å²) in [4.78, 5) is 12.9. The highest BCUT2D eigenvalue weighted by molar-refractivity contribution is 5.91. The van der Waals surface area contributed by atoms with Crippen LogP contribution in [0.25, 0.3) is 0 Å². The zero-order chi connectivity index (χ0) is 15.2. The van der Waals surface area contributed by atoms with Gasteiger partial charge in [0.05, 0.1) is 0 Å². The average molecular weight is 290 g/mol. The maximum Gasteiger partial charge on any atom is 0.389 e. The fourth-order valence-electron chi connectivity index (χ4n) is 1.44. The molecule has 1 amide bonds. The van der Waals surface area contributed by atoms with E-state index in [2.05, 4.69) is 15.5 Å². The van der Waals surface area contributed by atoms with Crippen molar-refractivity contribution in [1.82, 2.24) is 15.1 Å². The van der Waals surface area contributed by atoms with Gasteiger partial charge in [0.25, 0.3) is 5.91 Å². The van der Waals surface area contributed by atoms with Gasteiger partial charge in [0.1, 0.15) is 5.82 Å². The fourth-order valence-corrected chi connectivity index (χ4v) is 1.44. The summed E-state index contributed by atoms with van der Waals surface area (Å²) in [6.07, 6.45) is -4.43. The van der Waals surface area contributed by atoms with Crippen LogP contribution in [0.4, 0.5) is 19.0 Å². The molecule has 0 unspecified atom stereocenters. The summed E-state index contributed by atoms with van der Waals surface area (Å²) in [6.45, 7) is 0.381. The molecular weight excluding hydrogens is 273 g/mol. The van der Waals surface area contributed by atoms with Crippen LogP contribution >= 0.6 is 0 Å². The molecule has 1 heterocycles. The van der Waals surface area contributed by atoms with E-state index in [4.69, 9.17) is 0 Å². The fraction of sp³-hybridized carbons (Fsp3) is 0.583. The predicted octanol–water partition coefficient (Wildman–Crippen LogP) is 2.32. The lowest BCUT2D eigenvalue weighted by atomic mass is 10.2. The number of alkyl halides is 3. The molecule has 0 fully saturated rings. The second-order valence-corrected chi connectivity index (χ2v) is 4.50. The largest absolute Gasteiger partial charge is 0.389 e. The molecule has 5 nitrogen and oxygen atoms in total. The Balaban J connectivity index is 2.34. The van der Waals surface area contributed by atoms with Gasteiger partial charge in [-0.25, -0.2) is 0 Å². The lowest BCUT2D eigenvalue weighted by Crippen LogP contribution is -2.23. The number of nitrogens with one attached hydrogen (secondary N) is 1. The Kier molecular flexibility index (Phi) is 5.72. The van der Waals surface area contributed by atoms with E-state index in [-0.39, 0.29) is 18.0 Å². The number of hydrogen-bond acceptors (Lipinski definition) is 4. The molecule has 0 saturated carbocycles. The van der Waals surface area contributed by atoms with Crippen LogP contribution in [0.3, 0.4) is 0 Å². The van der Waals surface area contributed by atoms with Gasteiger partial charge in [0, 0.05) is 27.1 Å². The number of nitrogens with zero attached hydrogens (tertiary/aromatic N) is 3. The third-order valence-corrected chi connectivity index (χ3v) is 2.48. The monoisotopic (exact) mass is 290 g/mol. The zero-order valence-electron chi connectivity index (χ0n) is 11.4. The van der Waals surface area contributed by atoms with E-state index in [1.54, 1.807) is 20.2 Å². The van der Waals surface area contributed by atoms with E-state index in [0.29, 0.717) is 18.8 Å². The lowest BCUT2D eigenvalue weighted by Gasteiger charge is -2.09. The van der Waals surface area contributed by atoms with Crippen molar-refractivity contribution >= 4 is 11.7 Å². The van der Waals surface area contributed by atoms with E-state index in [1.807, 2.05) is 0 Å². The van der Waals surface area contributed by atoms with Crippen LogP contribution in [0, 0.1) is 0 Å². The zero-order valence-corrected chi connectivity index (χ0v) is 11.4. The minimum absolute atomic E-state index is 0.0706. The number of carbonyl (C=O) groups is 1. The minimum Gasteiger partial charge on any atom is -0.369 e. The predicted molar refractivity (Wildman–Crippen MR) is 68.4 cm³/mol. The molecule has 0 aliphatic heterocycles. The third-order valence-electron chi connectivity index (χ3n) is 2.48. The van der Waals surface area contributed by atoms with Crippen LogP contribution in [0.15, 0.2) is 12.1 Å². The standard InChI is InChI=1S/C12H17F3N4O/c1-19(2)11(20)9-5-6-10(18-17-9)16-8-4-3-7-12(13,14)15/h5-6H,3-4,7-8H2,1-2H3,(H,16,18). The van der Waals surface area contributed by atoms with Crippen molar-refractivity contribution in [2.45, 2.75) is 25.4 Å². The summed E-state index contributed by atoms with van der Waals surface area (Å²) in [6, 6.07) is 3.10. The molecular formula is C12H17F3N4O. The Morgan fingerprint density at radius 1 is 1.25 bits per heavy atom. The molecule has 0 saturated heterocycles. The second kappa shape index (κ2) is 7.06. The van der Waals surface area contributed by atoms with E-state index in [1.165, 1.54) is 11.0 Å². The van der Waals surface area contributed by atoms with Crippen LogP contribution in [-0.4, -0.2) is 47.8 Å². The van der Waals surface area contributed by atoms with Crippen LogP contribution in [0.1, 0.15) is 29.8 Å². The smallest absolute Gasteiger partial charge is 0.369 e. The van der Waals surface area contributed by atoms with Gasteiger partial charge >= 0.3 is 6.18 Å². The first kappa shape index (κ1) is 16.2. The van der Waals surface area contributed by atoms with E-state index < -0.39 is 12.6 Å². The van der Waals surface area contributed by atoms with Crippen LogP contribution < -0.4 is 5.32 Å². The summed E-state index contributed by atoms with van der Waals surface area (Å²) >= 11 is 0. The van der Waals surface area contributed by atoms with Crippen molar-refractivity contribution in [3.8, 4) is 0 Å². The summed E-state index contributed by atoms with van der Waals surface area (Å²) in [5.41, 5.74) is 0.220. The molecule has 1 rings (SSSR count). The van der Waals surface area contributed by atoms with Crippen molar-refractivity contribution in [3.05, 3.63) is 17.8 Å². The maximum atomic E-state index is 11.9. The lowest BCUT2D eigenvalue weighted by molar-refractivity contribution is -0.135. The minimum atomic E-state index is -4.10. The number of halogens is 3. The second-order valence-electron chi connectivity index (χ2n) is 4.50. The van der Waals surface area contributed by atoms with Gasteiger partial charge in [0.15, 0.2) is 5.69 Å².